The minimum absolute atomic E-state index is 0.0166. The third-order valence-corrected chi connectivity index (χ3v) is 6.48. The van der Waals surface area contributed by atoms with Crippen LogP contribution in [0.4, 0.5) is 4.39 Å². The van der Waals surface area contributed by atoms with Crippen molar-refractivity contribution in [1.29, 1.82) is 0 Å². The van der Waals surface area contributed by atoms with Crippen molar-refractivity contribution < 1.29 is 9.18 Å². The summed E-state index contributed by atoms with van der Waals surface area (Å²) in [7, 11) is 0. The lowest BCUT2D eigenvalue weighted by molar-refractivity contribution is -0.125. The number of carbonyl (C=O) groups is 1. The van der Waals surface area contributed by atoms with Crippen LogP contribution in [-0.4, -0.2) is 11.9 Å². The van der Waals surface area contributed by atoms with Gasteiger partial charge in [-0.15, -0.1) is 0 Å². The molecular weight excluding hydrogens is 321 g/mol. The van der Waals surface area contributed by atoms with Crippen molar-refractivity contribution in [3.05, 3.63) is 59.4 Å². The van der Waals surface area contributed by atoms with Gasteiger partial charge in [0, 0.05) is 27.7 Å². The number of halogens is 1. The van der Waals surface area contributed by atoms with Crippen LogP contribution in [0.15, 0.2) is 52.3 Å². The van der Waals surface area contributed by atoms with Gasteiger partial charge in [-0.1, -0.05) is 36.9 Å². The lowest BCUT2D eigenvalue weighted by atomic mass is 9.64. The zero-order valence-electron chi connectivity index (χ0n) is 13.6. The molecule has 1 heterocycles. The van der Waals surface area contributed by atoms with Gasteiger partial charge >= 0.3 is 0 Å². The zero-order valence-corrected chi connectivity index (χ0v) is 14.5. The molecule has 0 spiro atoms. The van der Waals surface area contributed by atoms with Gasteiger partial charge in [-0.3, -0.25) is 4.79 Å². The monoisotopic (exact) mass is 341 g/mol. The Hall–Kier alpha value is -1.81. The maximum Gasteiger partial charge on any atom is 0.220 e. The summed E-state index contributed by atoms with van der Waals surface area (Å²) in [4.78, 5) is 13.4. The molecule has 2 atom stereocenters. The molecule has 1 saturated heterocycles. The largest absolute Gasteiger partial charge is 0.352 e. The van der Waals surface area contributed by atoms with E-state index in [1.54, 1.807) is 6.07 Å². The van der Waals surface area contributed by atoms with Gasteiger partial charge in [0.15, 0.2) is 0 Å². The van der Waals surface area contributed by atoms with E-state index in [0.717, 1.165) is 24.2 Å². The second-order valence-electron chi connectivity index (χ2n) is 6.93. The van der Waals surface area contributed by atoms with Gasteiger partial charge in [0.1, 0.15) is 5.82 Å². The fraction of sp³-hybridized carbons (Fsp3) is 0.350. The summed E-state index contributed by atoms with van der Waals surface area (Å²) < 4.78 is 13.9. The number of carbonyl (C=O) groups excluding carboxylic acids is 1. The molecule has 0 aromatic heterocycles. The lowest BCUT2D eigenvalue weighted by Gasteiger charge is -2.46. The van der Waals surface area contributed by atoms with Gasteiger partial charge in [-0.05, 0) is 54.7 Å². The highest BCUT2D eigenvalue weighted by atomic mass is 32.2. The van der Waals surface area contributed by atoms with Crippen LogP contribution < -0.4 is 5.32 Å². The normalized spacial score (nSPS) is 25.6. The van der Waals surface area contributed by atoms with E-state index in [1.165, 1.54) is 29.0 Å². The van der Waals surface area contributed by atoms with Gasteiger partial charge < -0.3 is 5.32 Å². The van der Waals surface area contributed by atoms with Crippen LogP contribution in [0.2, 0.25) is 0 Å². The number of hydrogen-bond donors (Lipinski definition) is 1. The molecule has 0 saturated carbocycles. The van der Waals surface area contributed by atoms with E-state index in [4.69, 9.17) is 0 Å². The average molecular weight is 341 g/mol. The summed E-state index contributed by atoms with van der Waals surface area (Å²) >= 11 is 1.47. The maximum atomic E-state index is 13.9. The van der Waals surface area contributed by atoms with Gasteiger partial charge in [0.25, 0.3) is 0 Å². The summed E-state index contributed by atoms with van der Waals surface area (Å²) in [5, 5.41) is 3.17. The molecule has 124 valence electrons. The van der Waals surface area contributed by atoms with E-state index < -0.39 is 0 Å². The Morgan fingerprint density at radius 2 is 2.04 bits per heavy atom. The van der Waals surface area contributed by atoms with Crippen molar-refractivity contribution in [3.8, 4) is 0 Å². The molecule has 2 aromatic carbocycles. The minimum Gasteiger partial charge on any atom is -0.352 e. The molecular formula is C20H20FNOS. The number of hydrogen-bond acceptors (Lipinski definition) is 2. The quantitative estimate of drug-likeness (QED) is 0.874. The van der Waals surface area contributed by atoms with Crippen molar-refractivity contribution in [1.82, 2.24) is 5.32 Å². The van der Waals surface area contributed by atoms with E-state index in [0.29, 0.717) is 11.3 Å². The van der Waals surface area contributed by atoms with Gasteiger partial charge in [0.05, 0.1) is 0 Å². The highest BCUT2D eigenvalue weighted by Crippen LogP contribution is 2.44. The van der Waals surface area contributed by atoms with E-state index in [-0.39, 0.29) is 23.2 Å². The van der Waals surface area contributed by atoms with Gasteiger partial charge in [-0.2, -0.15) is 0 Å². The van der Waals surface area contributed by atoms with Crippen LogP contribution in [0.1, 0.15) is 37.3 Å². The number of rotatable bonds is 2. The van der Waals surface area contributed by atoms with Crippen LogP contribution in [0.3, 0.4) is 0 Å². The molecule has 2 nitrogen and oxygen atoms in total. The highest BCUT2D eigenvalue weighted by Gasteiger charge is 2.43. The molecule has 24 heavy (non-hydrogen) atoms. The Kier molecular flexibility index (Phi) is 3.87. The topological polar surface area (TPSA) is 29.1 Å². The molecule has 2 aromatic rings. The third kappa shape index (κ3) is 2.63. The van der Waals surface area contributed by atoms with Gasteiger partial charge in [-0.25, -0.2) is 4.39 Å². The summed E-state index contributed by atoms with van der Waals surface area (Å²) in [6.45, 7) is 2.26. The highest BCUT2D eigenvalue weighted by molar-refractivity contribution is 7.99. The first-order valence-corrected chi connectivity index (χ1v) is 9.23. The van der Waals surface area contributed by atoms with Crippen LogP contribution >= 0.6 is 11.8 Å². The minimum atomic E-state index is -0.178. The second-order valence-corrected chi connectivity index (χ2v) is 8.04. The van der Waals surface area contributed by atoms with Crippen LogP contribution in [-0.2, 0) is 16.6 Å². The summed E-state index contributed by atoms with van der Waals surface area (Å²) in [6.07, 6.45) is 3.43. The predicted octanol–water partition coefficient (Wildman–Crippen LogP) is 4.46. The van der Waals surface area contributed by atoms with Crippen molar-refractivity contribution >= 4 is 17.7 Å². The number of benzene rings is 2. The van der Waals surface area contributed by atoms with E-state index in [9.17, 15) is 9.18 Å². The standard InChI is InChI=1S/C20H20FNOS/c1-20-11-10-19(23)22-18(20)9-6-13-12-14(7-8-15(13)20)24-17-5-3-2-4-16(17)21/h2-5,7-8,12,18H,6,9-11H2,1H3,(H,22,23)/t18?,20-/m1/s1. The zero-order chi connectivity index (χ0) is 16.7. The molecule has 0 radical (unpaired) electrons. The van der Waals surface area contributed by atoms with Crippen LogP contribution in [0.5, 0.6) is 0 Å². The first-order valence-electron chi connectivity index (χ1n) is 8.41. The molecule has 4 rings (SSSR count). The fourth-order valence-corrected chi connectivity index (χ4v) is 4.94. The molecule has 2 aliphatic rings. The lowest BCUT2D eigenvalue weighted by Crippen LogP contribution is -2.55. The first-order chi connectivity index (χ1) is 11.6. The number of piperidine rings is 1. The number of fused-ring (bicyclic) bond motifs is 3. The third-order valence-electron chi connectivity index (χ3n) is 5.43. The van der Waals surface area contributed by atoms with Crippen molar-refractivity contribution in [3.63, 3.8) is 0 Å². The Labute approximate surface area is 145 Å². The molecule has 1 aliphatic carbocycles. The summed E-state index contributed by atoms with van der Waals surface area (Å²) in [6, 6.07) is 13.6. The number of aryl methyl sites for hydroxylation is 1. The van der Waals surface area contributed by atoms with E-state index in [2.05, 4.69) is 30.4 Å². The Balaban J connectivity index is 1.65. The maximum absolute atomic E-state index is 13.9. The van der Waals surface area contributed by atoms with Crippen molar-refractivity contribution in [2.75, 3.05) is 0 Å². The molecule has 1 fully saturated rings. The molecule has 4 heteroatoms. The first kappa shape index (κ1) is 15.7. The van der Waals surface area contributed by atoms with Crippen molar-refractivity contribution in [2.45, 2.75) is 53.9 Å². The van der Waals surface area contributed by atoms with Gasteiger partial charge in [0.2, 0.25) is 5.91 Å². The fourth-order valence-electron chi connectivity index (χ4n) is 4.04. The molecule has 0 bridgehead atoms. The van der Waals surface area contributed by atoms with Crippen LogP contribution in [0.25, 0.3) is 0 Å². The number of amides is 1. The van der Waals surface area contributed by atoms with E-state index in [1.807, 2.05) is 12.1 Å². The second kappa shape index (κ2) is 5.92. The number of nitrogens with one attached hydrogen (secondary N) is 1. The average Bonchev–Trinajstić information content (AvgIpc) is 2.58. The SMILES string of the molecule is C[C@]12CCC(=O)NC1CCc1cc(Sc3ccccc3F)ccc12. The predicted molar refractivity (Wildman–Crippen MR) is 93.8 cm³/mol. The van der Waals surface area contributed by atoms with Crippen molar-refractivity contribution in [2.24, 2.45) is 0 Å². The molecule has 1 N–H and O–H groups in total. The Morgan fingerprint density at radius 1 is 1.21 bits per heavy atom. The van der Waals surface area contributed by atoms with Crippen LogP contribution in [0, 0.1) is 5.82 Å². The molecule has 1 aliphatic heterocycles. The molecule has 1 amide bonds. The van der Waals surface area contributed by atoms with E-state index >= 15 is 0 Å². The molecule has 1 unspecified atom stereocenters. The Bertz CT molecular complexity index is 806. The Morgan fingerprint density at radius 3 is 2.88 bits per heavy atom. The summed E-state index contributed by atoms with van der Waals surface area (Å²) in [5.41, 5.74) is 2.70. The summed E-state index contributed by atoms with van der Waals surface area (Å²) in [5.74, 6) is -0.00473. The smallest absolute Gasteiger partial charge is 0.220 e.